The third-order valence-corrected chi connectivity index (χ3v) is 4.22. The number of imidazole rings is 1. The maximum Gasteiger partial charge on any atom is 0.407 e. The summed E-state index contributed by atoms with van der Waals surface area (Å²) in [4.78, 5) is 28.2. The van der Waals surface area contributed by atoms with Crippen molar-refractivity contribution in [2.75, 3.05) is 18.4 Å². The minimum Gasteiger partial charge on any atom is -0.465 e. The van der Waals surface area contributed by atoms with Crippen molar-refractivity contribution in [3.05, 3.63) is 42.4 Å². The van der Waals surface area contributed by atoms with E-state index in [2.05, 4.69) is 10.3 Å². The molecule has 1 aromatic carbocycles. The molecule has 8 nitrogen and oxygen atoms in total. The molecule has 0 unspecified atom stereocenters. The standard InChI is InChI=1S/C17H16FN5O3/c18-17(5-2-6-22(10-17)16(25)26)15(24)21-14-9-23(11-20-14)13-4-1-3-12(7-13)8-19/h1,3-4,7,9,11H,2,5-6,10H2,(H,21,24)(H,25,26)/t17-/m1/s1. The van der Waals surface area contributed by atoms with Crippen LogP contribution in [0.15, 0.2) is 36.8 Å². The van der Waals surface area contributed by atoms with Crippen LogP contribution in [0.25, 0.3) is 5.69 Å². The van der Waals surface area contributed by atoms with Gasteiger partial charge in [-0.1, -0.05) is 6.07 Å². The van der Waals surface area contributed by atoms with Gasteiger partial charge in [0.05, 0.1) is 24.4 Å². The summed E-state index contributed by atoms with van der Waals surface area (Å²) in [6, 6.07) is 8.81. The Bertz CT molecular complexity index is 891. The predicted molar refractivity (Wildman–Crippen MR) is 89.6 cm³/mol. The van der Waals surface area contributed by atoms with E-state index in [1.807, 2.05) is 6.07 Å². The number of anilines is 1. The molecule has 3 rings (SSSR count). The average Bonchev–Trinajstić information content (AvgIpc) is 3.10. The number of carboxylic acid groups (broad SMARTS) is 1. The van der Waals surface area contributed by atoms with Gasteiger partial charge in [0, 0.05) is 12.2 Å². The topological polar surface area (TPSA) is 111 Å². The monoisotopic (exact) mass is 357 g/mol. The molecule has 134 valence electrons. The van der Waals surface area contributed by atoms with Gasteiger partial charge in [-0.25, -0.2) is 14.2 Å². The summed E-state index contributed by atoms with van der Waals surface area (Å²) in [7, 11) is 0. The van der Waals surface area contributed by atoms with Crippen molar-refractivity contribution in [2.24, 2.45) is 0 Å². The summed E-state index contributed by atoms with van der Waals surface area (Å²) in [5.74, 6) is -0.777. The van der Waals surface area contributed by atoms with Gasteiger partial charge in [-0.15, -0.1) is 0 Å². The Morgan fingerprint density at radius 3 is 2.96 bits per heavy atom. The van der Waals surface area contributed by atoms with Crippen LogP contribution in [0.4, 0.5) is 15.0 Å². The highest BCUT2D eigenvalue weighted by Crippen LogP contribution is 2.27. The molecule has 0 saturated carbocycles. The van der Waals surface area contributed by atoms with Crippen molar-refractivity contribution >= 4 is 17.8 Å². The molecule has 9 heteroatoms. The van der Waals surface area contributed by atoms with Crippen molar-refractivity contribution in [1.82, 2.24) is 14.5 Å². The molecule has 2 aromatic rings. The van der Waals surface area contributed by atoms with E-state index in [1.54, 1.807) is 28.8 Å². The van der Waals surface area contributed by atoms with Crippen LogP contribution in [-0.4, -0.2) is 50.3 Å². The smallest absolute Gasteiger partial charge is 0.407 e. The highest BCUT2D eigenvalue weighted by atomic mass is 19.1. The fraction of sp³-hybridized carbons (Fsp3) is 0.294. The van der Waals surface area contributed by atoms with Gasteiger partial charge in [0.2, 0.25) is 5.67 Å². The van der Waals surface area contributed by atoms with Crippen LogP contribution in [0.3, 0.4) is 0 Å². The van der Waals surface area contributed by atoms with E-state index < -0.39 is 24.2 Å². The molecule has 0 radical (unpaired) electrons. The molecule has 0 aliphatic carbocycles. The van der Waals surface area contributed by atoms with Crippen LogP contribution in [0.2, 0.25) is 0 Å². The largest absolute Gasteiger partial charge is 0.465 e. The Labute approximate surface area is 148 Å². The number of likely N-dealkylation sites (tertiary alicyclic amines) is 1. The van der Waals surface area contributed by atoms with E-state index in [9.17, 15) is 14.0 Å². The van der Waals surface area contributed by atoms with Crippen LogP contribution in [0, 0.1) is 11.3 Å². The zero-order chi connectivity index (χ0) is 18.7. The fourth-order valence-electron chi connectivity index (χ4n) is 2.85. The number of halogens is 1. The number of nitrogens with zero attached hydrogens (tertiary/aromatic N) is 4. The van der Waals surface area contributed by atoms with E-state index in [0.717, 1.165) is 4.90 Å². The number of nitrogens with one attached hydrogen (secondary N) is 1. The van der Waals surface area contributed by atoms with E-state index in [0.29, 0.717) is 11.3 Å². The summed E-state index contributed by atoms with van der Waals surface area (Å²) >= 11 is 0. The lowest BCUT2D eigenvalue weighted by molar-refractivity contribution is -0.130. The van der Waals surface area contributed by atoms with Crippen molar-refractivity contribution < 1.29 is 19.1 Å². The second-order valence-corrected chi connectivity index (χ2v) is 6.06. The molecule has 1 aliphatic heterocycles. The van der Waals surface area contributed by atoms with Crippen molar-refractivity contribution in [3.63, 3.8) is 0 Å². The van der Waals surface area contributed by atoms with Crippen LogP contribution in [-0.2, 0) is 4.79 Å². The van der Waals surface area contributed by atoms with Gasteiger partial charge in [0.25, 0.3) is 5.91 Å². The number of carbonyl (C=O) groups is 2. The quantitative estimate of drug-likeness (QED) is 0.874. The van der Waals surface area contributed by atoms with Gasteiger partial charge < -0.3 is 19.9 Å². The van der Waals surface area contributed by atoms with Crippen LogP contribution < -0.4 is 5.32 Å². The Balaban J connectivity index is 1.73. The number of hydrogen-bond donors (Lipinski definition) is 2. The maximum absolute atomic E-state index is 14.9. The molecule has 1 aliphatic rings. The molecular weight excluding hydrogens is 341 g/mol. The zero-order valence-electron chi connectivity index (χ0n) is 13.7. The van der Waals surface area contributed by atoms with Crippen molar-refractivity contribution in [3.8, 4) is 11.8 Å². The number of aromatic nitrogens is 2. The first-order valence-corrected chi connectivity index (χ1v) is 7.94. The van der Waals surface area contributed by atoms with E-state index in [1.165, 1.54) is 12.5 Å². The van der Waals surface area contributed by atoms with Gasteiger partial charge >= 0.3 is 6.09 Å². The molecule has 2 heterocycles. The summed E-state index contributed by atoms with van der Waals surface area (Å²) in [5, 5.41) is 20.3. The third kappa shape index (κ3) is 3.49. The lowest BCUT2D eigenvalue weighted by atomic mass is 9.94. The number of benzene rings is 1. The lowest BCUT2D eigenvalue weighted by Gasteiger charge is -2.34. The summed E-state index contributed by atoms with van der Waals surface area (Å²) in [5.41, 5.74) is -1.15. The molecule has 0 bridgehead atoms. The van der Waals surface area contributed by atoms with Gasteiger partial charge in [0.15, 0.2) is 5.82 Å². The fourth-order valence-corrected chi connectivity index (χ4v) is 2.85. The Morgan fingerprint density at radius 2 is 2.23 bits per heavy atom. The van der Waals surface area contributed by atoms with Gasteiger partial charge in [-0.05, 0) is 31.0 Å². The van der Waals surface area contributed by atoms with Crippen LogP contribution in [0.1, 0.15) is 18.4 Å². The highest BCUT2D eigenvalue weighted by Gasteiger charge is 2.44. The number of amides is 2. The van der Waals surface area contributed by atoms with Gasteiger partial charge in [-0.3, -0.25) is 4.79 Å². The minimum absolute atomic E-state index is 0.0481. The molecule has 1 aromatic heterocycles. The molecule has 2 amide bonds. The average molecular weight is 357 g/mol. The second kappa shape index (κ2) is 6.84. The lowest BCUT2D eigenvalue weighted by Crippen LogP contribution is -2.53. The number of carbonyl (C=O) groups excluding carboxylic acids is 1. The summed E-state index contributed by atoms with van der Waals surface area (Å²) in [6.45, 7) is -0.294. The maximum atomic E-state index is 14.9. The SMILES string of the molecule is N#Cc1cccc(-n2cnc(NC(=O)[C@@]3(F)CCCN(C(=O)O)C3)c2)c1. The molecule has 0 spiro atoms. The van der Waals surface area contributed by atoms with Gasteiger partial charge in [0.1, 0.15) is 6.33 Å². The number of nitriles is 1. The Hall–Kier alpha value is -3.41. The number of hydrogen-bond acceptors (Lipinski definition) is 4. The molecule has 2 N–H and O–H groups in total. The van der Waals surface area contributed by atoms with E-state index >= 15 is 0 Å². The zero-order valence-corrected chi connectivity index (χ0v) is 13.7. The highest BCUT2D eigenvalue weighted by molar-refractivity contribution is 5.97. The first kappa shape index (κ1) is 17.4. The normalized spacial score (nSPS) is 19.6. The first-order valence-electron chi connectivity index (χ1n) is 7.94. The Kier molecular flexibility index (Phi) is 4.58. The summed E-state index contributed by atoms with van der Waals surface area (Å²) < 4.78 is 16.5. The van der Waals surface area contributed by atoms with E-state index in [-0.39, 0.29) is 25.2 Å². The molecule has 26 heavy (non-hydrogen) atoms. The molecule has 1 saturated heterocycles. The number of rotatable bonds is 3. The summed E-state index contributed by atoms with van der Waals surface area (Å²) in [6.07, 6.45) is 1.90. The molecule has 1 fully saturated rings. The number of alkyl halides is 1. The van der Waals surface area contributed by atoms with Crippen LogP contribution >= 0.6 is 0 Å². The van der Waals surface area contributed by atoms with Crippen molar-refractivity contribution in [2.45, 2.75) is 18.5 Å². The minimum atomic E-state index is -2.29. The predicted octanol–water partition coefficient (Wildman–Crippen LogP) is 2.16. The molecular formula is C17H16FN5O3. The molecule has 1 atom stereocenters. The second-order valence-electron chi connectivity index (χ2n) is 6.06. The number of piperidine rings is 1. The van der Waals surface area contributed by atoms with Crippen LogP contribution in [0.5, 0.6) is 0 Å². The first-order chi connectivity index (χ1) is 12.4. The van der Waals surface area contributed by atoms with Gasteiger partial charge in [-0.2, -0.15) is 5.26 Å². The third-order valence-electron chi connectivity index (χ3n) is 4.22. The van der Waals surface area contributed by atoms with E-state index in [4.69, 9.17) is 10.4 Å². The Morgan fingerprint density at radius 1 is 1.42 bits per heavy atom. The van der Waals surface area contributed by atoms with Crippen molar-refractivity contribution in [1.29, 1.82) is 5.26 Å².